The van der Waals surface area contributed by atoms with E-state index < -0.39 is 45.5 Å². The highest BCUT2D eigenvalue weighted by Crippen LogP contribution is 2.38. The van der Waals surface area contributed by atoms with Crippen LogP contribution in [0.25, 0.3) is 0 Å². The molecule has 16 heavy (non-hydrogen) atoms. The second-order valence-corrected chi connectivity index (χ2v) is 4.24. The average molecular weight is 262 g/mol. The summed E-state index contributed by atoms with van der Waals surface area (Å²) in [5.41, 5.74) is 0. The standard InChI is InChI=1S/C6H15O9P/c7-1-3(9)5(10)6(11)4(2-8)15-16(12,13)14/h3-11H,1-2H2,(H2,12,13,14)/t3-,4+,5+,6-/m1/s1. The summed E-state index contributed by atoms with van der Waals surface area (Å²) in [6, 6.07) is 0. The summed E-state index contributed by atoms with van der Waals surface area (Å²) >= 11 is 0. The summed E-state index contributed by atoms with van der Waals surface area (Å²) in [6.07, 6.45) is -7.37. The molecule has 0 aromatic rings. The second-order valence-electron chi connectivity index (χ2n) is 3.05. The Kier molecular flexibility index (Phi) is 6.56. The average Bonchev–Trinajstić information content (AvgIpc) is 2.21. The molecule has 7 N–H and O–H groups in total. The number of hydrogen-bond donors (Lipinski definition) is 7. The van der Waals surface area contributed by atoms with Crippen molar-refractivity contribution in [2.45, 2.75) is 24.4 Å². The molecular formula is C6H15O9P. The zero-order valence-electron chi connectivity index (χ0n) is 8.12. The largest absolute Gasteiger partial charge is 0.470 e. The van der Waals surface area contributed by atoms with Gasteiger partial charge in [0.2, 0.25) is 0 Å². The monoisotopic (exact) mass is 262 g/mol. The summed E-state index contributed by atoms with van der Waals surface area (Å²) in [4.78, 5) is 16.8. The maximum atomic E-state index is 10.4. The maximum absolute atomic E-state index is 10.4. The quantitative estimate of drug-likeness (QED) is 0.230. The van der Waals surface area contributed by atoms with Crippen molar-refractivity contribution in [3.8, 4) is 0 Å². The lowest BCUT2D eigenvalue weighted by molar-refractivity contribution is -0.120. The summed E-state index contributed by atoms with van der Waals surface area (Å²) in [6.45, 7) is -1.85. The van der Waals surface area contributed by atoms with Crippen LogP contribution >= 0.6 is 7.82 Å². The highest BCUT2D eigenvalue weighted by atomic mass is 31.2. The predicted octanol–water partition coefficient (Wildman–Crippen LogP) is -3.47. The number of rotatable bonds is 7. The lowest BCUT2D eigenvalue weighted by Crippen LogP contribution is -2.47. The molecule has 0 aliphatic carbocycles. The van der Waals surface area contributed by atoms with E-state index in [9.17, 15) is 14.8 Å². The molecule has 0 saturated carbocycles. The van der Waals surface area contributed by atoms with Crippen LogP contribution in [-0.2, 0) is 9.09 Å². The Balaban J connectivity index is 4.52. The highest BCUT2D eigenvalue weighted by Gasteiger charge is 2.35. The molecule has 9 nitrogen and oxygen atoms in total. The summed E-state index contributed by atoms with van der Waals surface area (Å²) in [5.74, 6) is 0. The number of hydrogen-bond acceptors (Lipinski definition) is 7. The van der Waals surface area contributed by atoms with Gasteiger partial charge in [0.1, 0.15) is 24.4 Å². The van der Waals surface area contributed by atoms with Crippen molar-refractivity contribution in [1.29, 1.82) is 0 Å². The van der Waals surface area contributed by atoms with Crippen LogP contribution in [0.4, 0.5) is 0 Å². The highest BCUT2D eigenvalue weighted by molar-refractivity contribution is 7.46. The first-order valence-corrected chi connectivity index (χ1v) is 5.75. The first kappa shape index (κ1) is 15.9. The van der Waals surface area contributed by atoms with Gasteiger partial charge in [-0.25, -0.2) is 4.57 Å². The zero-order valence-corrected chi connectivity index (χ0v) is 9.01. The molecule has 0 fully saturated rings. The summed E-state index contributed by atoms with van der Waals surface area (Å²) in [7, 11) is -4.95. The third-order valence-corrected chi connectivity index (χ3v) is 2.31. The molecule has 4 atom stereocenters. The van der Waals surface area contributed by atoms with Gasteiger partial charge in [-0.1, -0.05) is 0 Å². The molecule has 0 aliphatic heterocycles. The van der Waals surface area contributed by atoms with Gasteiger partial charge in [0.15, 0.2) is 0 Å². The van der Waals surface area contributed by atoms with Gasteiger partial charge in [-0.3, -0.25) is 4.52 Å². The summed E-state index contributed by atoms with van der Waals surface area (Å²) in [5, 5.41) is 44.6. The molecule has 98 valence electrons. The van der Waals surface area contributed by atoms with Crippen LogP contribution in [0.15, 0.2) is 0 Å². The van der Waals surface area contributed by atoms with E-state index in [1.807, 2.05) is 0 Å². The molecule has 0 radical (unpaired) electrons. The molecule has 0 unspecified atom stereocenters. The molecule has 0 saturated heterocycles. The van der Waals surface area contributed by atoms with Gasteiger partial charge in [-0.2, -0.15) is 0 Å². The third-order valence-electron chi connectivity index (χ3n) is 1.76. The van der Waals surface area contributed by atoms with Gasteiger partial charge in [0.25, 0.3) is 0 Å². The maximum Gasteiger partial charge on any atom is 0.470 e. The smallest absolute Gasteiger partial charge is 0.394 e. The minimum Gasteiger partial charge on any atom is -0.394 e. The fraction of sp³-hybridized carbons (Fsp3) is 1.00. The Hall–Kier alpha value is -0.0900. The van der Waals surface area contributed by atoms with E-state index in [-0.39, 0.29) is 0 Å². The molecule has 0 aromatic heterocycles. The summed E-state index contributed by atoms with van der Waals surface area (Å²) < 4.78 is 14.4. The van der Waals surface area contributed by atoms with Crippen molar-refractivity contribution in [3.05, 3.63) is 0 Å². The van der Waals surface area contributed by atoms with Crippen LogP contribution in [0.5, 0.6) is 0 Å². The molecule has 0 aromatic carbocycles. The van der Waals surface area contributed by atoms with Gasteiger partial charge >= 0.3 is 7.82 Å². The third kappa shape index (κ3) is 5.30. The van der Waals surface area contributed by atoms with E-state index in [0.717, 1.165) is 0 Å². The molecule has 0 spiro atoms. The van der Waals surface area contributed by atoms with Gasteiger partial charge in [0.05, 0.1) is 13.2 Å². The normalized spacial score (nSPS) is 20.2. The fourth-order valence-corrected chi connectivity index (χ4v) is 1.48. The lowest BCUT2D eigenvalue weighted by Gasteiger charge is -2.27. The van der Waals surface area contributed by atoms with Gasteiger partial charge < -0.3 is 35.3 Å². The Morgan fingerprint density at radius 1 is 1.00 bits per heavy atom. The van der Waals surface area contributed by atoms with Crippen molar-refractivity contribution >= 4 is 7.82 Å². The minimum absolute atomic E-state index is 0.869. The SMILES string of the molecule is O=P(O)(O)O[C@@H](CO)[C@@H](O)[C@@H](O)[C@H](O)CO. The molecule has 0 bridgehead atoms. The minimum atomic E-state index is -4.95. The first-order valence-electron chi connectivity index (χ1n) is 4.22. The van der Waals surface area contributed by atoms with E-state index in [1.165, 1.54) is 0 Å². The number of aliphatic hydroxyl groups is 5. The first-order chi connectivity index (χ1) is 7.22. The van der Waals surface area contributed by atoms with E-state index in [4.69, 9.17) is 25.1 Å². The van der Waals surface area contributed by atoms with Crippen LogP contribution in [0.2, 0.25) is 0 Å². The van der Waals surface area contributed by atoms with E-state index in [2.05, 4.69) is 4.52 Å². The lowest BCUT2D eigenvalue weighted by atomic mass is 10.0. The van der Waals surface area contributed by atoms with Crippen LogP contribution in [0.3, 0.4) is 0 Å². The molecule has 0 rings (SSSR count). The van der Waals surface area contributed by atoms with Gasteiger partial charge in [-0.15, -0.1) is 0 Å². The molecular weight excluding hydrogens is 247 g/mol. The van der Waals surface area contributed by atoms with Gasteiger partial charge in [0, 0.05) is 0 Å². The Bertz CT molecular complexity index is 240. The molecule has 0 amide bonds. The molecule has 10 heteroatoms. The van der Waals surface area contributed by atoms with Crippen LogP contribution in [0, 0.1) is 0 Å². The van der Waals surface area contributed by atoms with E-state index in [0.29, 0.717) is 0 Å². The van der Waals surface area contributed by atoms with Crippen molar-refractivity contribution in [2.24, 2.45) is 0 Å². The van der Waals surface area contributed by atoms with Crippen LogP contribution in [0.1, 0.15) is 0 Å². The van der Waals surface area contributed by atoms with E-state index >= 15 is 0 Å². The number of phosphoric ester groups is 1. The van der Waals surface area contributed by atoms with Crippen molar-refractivity contribution in [2.75, 3.05) is 13.2 Å². The fourth-order valence-electron chi connectivity index (χ4n) is 0.936. The molecule has 0 heterocycles. The van der Waals surface area contributed by atoms with Crippen LogP contribution < -0.4 is 0 Å². The Labute approximate surface area is 90.8 Å². The second kappa shape index (κ2) is 6.60. The van der Waals surface area contributed by atoms with Crippen molar-refractivity contribution < 1.29 is 44.4 Å². The Morgan fingerprint density at radius 3 is 1.81 bits per heavy atom. The van der Waals surface area contributed by atoms with Crippen molar-refractivity contribution in [3.63, 3.8) is 0 Å². The van der Waals surface area contributed by atoms with Crippen molar-refractivity contribution in [1.82, 2.24) is 0 Å². The number of phosphoric acid groups is 1. The van der Waals surface area contributed by atoms with Crippen LogP contribution in [-0.4, -0.2) is 72.9 Å². The Morgan fingerprint density at radius 2 is 1.50 bits per heavy atom. The topological polar surface area (TPSA) is 168 Å². The molecule has 0 aliphatic rings. The van der Waals surface area contributed by atoms with Gasteiger partial charge in [-0.05, 0) is 0 Å². The zero-order chi connectivity index (χ0) is 12.9. The predicted molar refractivity (Wildman–Crippen MR) is 49.1 cm³/mol. The number of aliphatic hydroxyl groups excluding tert-OH is 5. The van der Waals surface area contributed by atoms with E-state index in [1.54, 1.807) is 0 Å².